The summed E-state index contributed by atoms with van der Waals surface area (Å²) in [6.07, 6.45) is 2.75. The van der Waals surface area contributed by atoms with Gasteiger partial charge in [0.1, 0.15) is 5.75 Å². The third-order valence-corrected chi connectivity index (χ3v) is 4.37. The zero-order valence-corrected chi connectivity index (χ0v) is 15.1. The smallest absolute Gasteiger partial charge is 0.260 e. The highest BCUT2D eigenvalue weighted by Gasteiger charge is 2.21. The number of nitrogens with two attached hydrogens (primary N) is 1. The van der Waals surface area contributed by atoms with Crippen LogP contribution < -0.4 is 10.5 Å². The molecule has 25 heavy (non-hydrogen) atoms. The summed E-state index contributed by atoms with van der Waals surface area (Å²) in [7, 11) is 0. The molecule has 1 atom stereocenters. The molecule has 0 saturated carbocycles. The maximum atomic E-state index is 12.3. The zero-order chi connectivity index (χ0) is 16.8. The van der Waals surface area contributed by atoms with E-state index < -0.39 is 0 Å². The van der Waals surface area contributed by atoms with Crippen molar-refractivity contribution in [2.45, 2.75) is 25.3 Å². The molecule has 3 rings (SSSR count). The fourth-order valence-corrected chi connectivity index (χ4v) is 3.07. The number of halogens is 1. The average molecular weight is 361 g/mol. The monoisotopic (exact) mass is 360 g/mol. The Balaban J connectivity index is 0.00000225. The Labute approximate surface area is 155 Å². The van der Waals surface area contributed by atoms with E-state index in [0.717, 1.165) is 37.1 Å². The molecule has 0 spiro atoms. The van der Waals surface area contributed by atoms with Gasteiger partial charge in [0.2, 0.25) is 0 Å². The quantitative estimate of drug-likeness (QED) is 0.891. The molecule has 2 aromatic carbocycles. The first-order valence-electron chi connectivity index (χ1n) is 8.50. The average Bonchev–Trinajstić information content (AvgIpc) is 2.61. The molecule has 1 saturated heterocycles. The second-order valence-corrected chi connectivity index (χ2v) is 6.30. The standard InChI is InChI=1S/C20H24N2O2.ClH/c21-18-10-6-12-22(14-18)20(23)15-24-19-11-5-4-9-17(19)13-16-7-2-1-3-8-16;/h1-5,7-9,11,18H,6,10,12-15,21H2;1H. The van der Waals surface area contributed by atoms with Gasteiger partial charge in [-0.05, 0) is 30.0 Å². The van der Waals surface area contributed by atoms with Gasteiger partial charge in [0.05, 0.1) is 0 Å². The van der Waals surface area contributed by atoms with Crippen LogP contribution in [0.25, 0.3) is 0 Å². The summed E-state index contributed by atoms with van der Waals surface area (Å²) in [6, 6.07) is 18.2. The first-order valence-corrected chi connectivity index (χ1v) is 8.50. The van der Waals surface area contributed by atoms with Gasteiger partial charge in [0, 0.05) is 25.6 Å². The van der Waals surface area contributed by atoms with Crippen LogP contribution >= 0.6 is 12.4 Å². The van der Waals surface area contributed by atoms with Crippen molar-refractivity contribution in [1.29, 1.82) is 0 Å². The molecular formula is C20H25ClN2O2. The summed E-state index contributed by atoms with van der Waals surface area (Å²) >= 11 is 0. The number of carbonyl (C=O) groups excluding carboxylic acids is 1. The van der Waals surface area contributed by atoms with Crippen molar-refractivity contribution in [3.05, 3.63) is 65.7 Å². The van der Waals surface area contributed by atoms with Gasteiger partial charge < -0.3 is 15.4 Å². The summed E-state index contributed by atoms with van der Waals surface area (Å²) < 4.78 is 5.83. The molecule has 1 heterocycles. The summed E-state index contributed by atoms with van der Waals surface area (Å²) in [5, 5.41) is 0. The van der Waals surface area contributed by atoms with Gasteiger partial charge in [-0.2, -0.15) is 0 Å². The summed E-state index contributed by atoms with van der Waals surface area (Å²) in [6.45, 7) is 1.48. The molecule has 0 bridgehead atoms. The third kappa shape index (κ3) is 5.48. The molecule has 5 heteroatoms. The summed E-state index contributed by atoms with van der Waals surface area (Å²) in [5.41, 5.74) is 8.26. The number of amides is 1. The molecule has 0 radical (unpaired) electrons. The Bertz CT molecular complexity index is 678. The number of hydrogen-bond donors (Lipinski definition) is 1. The zero-order valence-electron chi connectivity index (χ0n) is 14.3. The van der Waals surface area contributed by atoms with Crippen LogP contribution in [0.3, 0.4) is 0 Å². The van der Waals surface area contributed by atoms with Crippen molar-refractivity contribution in [3.63, 3.8) is 0 Å². The molecule has 1 aliphatic heterocycles. The molecular weight excluding hydrogens is 336 g/mol. The Morgan fingerprint density at radius 2 is 1.84 bits per heavy atom. The lowest BCUT2D eigenvalue weighted by Crippen LogP contribution is -2.47. The minimum absolute atomic E-state index is 0. The van der Waals surface area contributed by atoms with Crippen molar-refractivity contribution < 1.29 is 9.53 Å². The maximum Gasteiger partial charge on any atom is 0.260 e. The van der Waals surface area contributed by atoms with Gasteiger partial charge in [-0.15, -0.1) is 12.4 Å². The fourth-order valence-electron chi connectivity index (χ4n) is 3.07. The number of nitrogens with zero attached hydrogens (tertiary/aromatic N) is 1. The predicted octanol–water partition coefficient (Wildman–Crippen LogP) is 3.03. The molecule has 1 fully saturated rings. The van der Waals surface area contributed by atoms with Crippen molar-refractivity contribution in [3.8, 4) is 5.75 Å². The van der Waals surface area contributed by atoms with E-state index in [1.807, 2.05) is 47.4 Å². The molecule has 2 aromatic rings. The molecule has 2 N–H and O–H groups in total. The number of rotatable bonds is 5. The van der Waals surface area contributed by atoms with Crippen LogP contribution in [0.1, 0.15) is 24.0 Å². The maximum absolute atomic E-state index is 12.3. The Hall–Kier alpha value is -2.04. The van der Waals surface area contributed by atoms with Crippen LogP contribution in [0.4, 0.5) is 0 Å². The number of benzene rings is 2. The van der Waals surface area contributed by atoms with Gasteiger partial charge in [-0.1, -0.05) is 48.5 Å². The van der Waals surface area contributed by atoms with Crippen molar-refractivity contribution in [2.24, 2.45) is 5.73 Å². The van der Waals surface area contributed by atoms with Crippen LogP contribution in [0.2, 0.25) is 0 Å². The molecule has 0 aromatic heterocycles. The minimum atomic E-state index is 0. The second kappa shape index (κ2) is 9.44. The van der Waals surface area contributed by atoms with E-state index in [1.165, 1.54) is 5.56 Å². The third-order valence-electron chi connectivity index (χ3n) is 4.37. The summed E-state index contributed by atoms with van der Waals surface area (Å²) in [5.74, 6) is 0.788. The van der Waals surface area contributed by atoms with Gasteiger partial charge in [0.15, 0.2) is 6.61 Å². The summed E-state index contributed by atoms with van der Waals surface area (Å²) in [4.78, 5) is 14.1. The minimum Gasteiger partial charge on any atom is -0.483 e. The molecule has 1 amide bonds. The lowest BCUT2D eigenvalue weighted by molar-refractivity contribution is -0.134. The van der Waals surface area contributed by atoms with Gasteiger partial charge in [0.25, 0.3) is 5.91 Å². The first-order chi connectivity index (χ1) is 11.7. The van der Waals surface area contributed by atoms with E-state index in [4.69, 9.17) is 10.5 Å². The van der Waals surface area contributed by atoms with E-state index in [1.54, 1.807) is 0 Å². The van der Waals surface area contributed by atoms with Gasteiger partial charge in [-0.25, -0.2) is 0 Å². The topological polar surface area (TPSA) is 55.6 Å². The molecule has 0 aliphatic carbocycles. The van der Waals surface area contributed by atoms with Crippen molar-refractivity contribution in [2.75, 3.05) is 19.7 Å². The Morgan fingerprint density at radius 3 is 2.60 bits per heavy atom. The van der Waals surface area contributed by atoms with E-state index in [2.05, 4.69) is 12.1 Å². The van der Waals surface area contributed by atoms with Gasteiger partial charge in [-0.3, -0.25) is 4.79 Å². The number of hydrogen-bond acceptors (Lipinski definition) is 3. The first kappa shape index (κ1) is 19.3. The van der Waals surface area contributed by atoms with Crippen LogP contribution in [-0.2, 0) is 11.2 Å². The fraction of sp³-hybridized carbons (Fsp3) is 0.350. The lowest BCUT2D eigenvalue weighted by Gasteiger charge is -2.30. The number of para-hydroxylation sites is 1. The number of piperidine rings is 1. The van der Waals surface area contributed by atoms with Crippen LogP contribution in [0, 0.1) is 0 Å². The van der Waals surface area contributed by atoms with Gasteiger partial charge >= 0.3 is 0 Å². The van der Waals surface area contributed by atoms with Crippen molar-refractivity contribution >= 4 is 18.3 Å². The SMILES string of the molecule is Cl.NC1CCCN(C(=O)COc2ccccc2Cc2ccccc2)C1. The highest BCUT2D eigenvalue weighted by Crippen LogP contribution is 2.21. The molecule has 1 unspecified atom stereocenters. The molecule has 4 nitrogen and oxygen atoms in total. The highest BCUT2D eigenvalue weighted by atomic mass is 35.5. The second-order valence-electron chi connectivity index (χ2n) is 6.30. The number of ether oxygens (including phenoxy) is 1. The Morgan fingerprint density at radius 1 is 1.12 bits per heavy atom. The number of likely N-dealkylation sites (tertiary alicyclic amines) is 1. The predicted molar refractivity (Wildman–Crippen MR) is 102 cm³/mol. The molecule has 134 valence electrons. The number of carbonyl (C=O) groups is 1. The van der Waals surface area contributed by atoms with E-state index in [-0.39, 0.29) is 31.0 Å². The normalized spacial score (nSPS) is 16.8. The van der Waals surface area contributed by atoms with Crippen LogP contribution in [-0.4, -0.2) is 36.5 Å². The highest BCUT2D eigenvalue weighted by molar-refractivity contribution is 5.85. The molecule has 1 aliphatic rings. The van der Waals surface area contributed by atoms with E-state index in [9.17, 15) is 4.79 Å². The van der Waals surface area contributed by atoms with Crippen LogP contribution in [0.5, 0.6) is 5.75 Å². The Kier molecular flexibility index (Phi) is 7.29. The van der Waals surface area contributed by atoms with Crippen LogP contribution in [0.15, 0.2) is 54.6 Å². The van der Waals surface area contributed by atoms with Crippen molar-refractivity contribution in [1.82, 2.24) is 4.90 Å². The van der Waals surface area contributed by atoms with E-state index in [0.29, 0.717) is 6.54 Å². The lowest BCUT2D eigenvalue weighted by atomic mass is 10.0. The van der Waals surface area contributed by atoms with E-state index >= 15 is 0 Å². The largest absolute Gasteiger partial charge is 0.483 e.